The van der Waals surface area contributed by atoms with E-state index >= 15 is 0 Å². The van der Waals surface area contributed by atoms with Crippen molar-refractivity contribution in [1.82, 2.24) is 4.90 Å². The first-order valence-electron chi connectivity index (χ1n) is 3.84. The lowest BCUT2D eigenvalue weighted by atomic mass is 10.4. The van der Waals surface area contributed by atoms with E-state index in [0.717, 1.165) is 12.6 Å². The van der Waals surface area contributed by atoms with Gasteiger partial charge in [-0.3, -0.25) is 4.79 Å². The lowest BCUT2D eigenvalue weighted by Gasteiger charge is -2.13. The van der Waals surface area contributed by atoms with E-state index in [2.05, 4.69) is 25.0 Å². The summed E-state index contributed by atoms with van der Waals surface area (Å²) >= 11 is 0. The molecule has 1 aliphatic rings. The van der Waals surface area contributed by atoms with Crippen molar-refractivity contribution in [3.8, 4) is 0 Å². The maximum atomic E-state index is 9.47. The Morgan fingerprint density at radius 2 is 2.08 bits per heavy atom. The summed E-state index contributed by atoms with van der Waals surface area (Å²) in [5.41, 5.74) is 4.53. The van der Waals surface area contributed by atoms with Crippen LogP contribution >= 0.6 is 0 Å². The van der Waals surface area contributed by atoms with Gasteiger partial charge in [0.2, 0.25) is 5.91 Å². The molecule has 0 unspecified atom stereocenters. The topological polar surface area (TPSA) is 46.3 Å². The molecule has 1 rings (SSSR count). The van der Waals surface area contributed by atoms with E-state index in [-0.39, 0.29) is 0 Å². The van der Waals surface area contributed by atoms with Crippen LogP contribution in [0, 0.1) is 0 Å². The van der Waals surface area contributed by atoms with Crippen LogP contribution < -0.4 is 5.73 Å². The second kappa shape index (κ2) is 6.91. The predicted molar refractivity (Wildman–Crippen MR) is 54.6 cm³/mol. The van der Waals surface area contributed by atoms with E-state index in [9.17, 15) is 4.79 Å². The van der Waals surface area contributed by atoms with Crippen LogP contribution in [0.2, 0.25) is 0 Å². The highest BCUT2D eigenvalue weighted by Gasteiger charge is 1.89. The van der Waals surface area contributed by atoms with Crippen LogP contribution in [0.1, 0.15) is 0 Å². The summed E-state index contributed by atoms with van der Waals surface area (Å²) in [5.74, 6) is -0.481. The molecule has 3 nitrogen and oxygen atoms in total. The summed E-state index contributed by atoms with van der Waals surface area (Å²) in [4.78, 5) is 11.5. The number of amides is 1. The minimum absolute atomic E-state index is 0.481. The van der Waals surface area contributed by atoms with Crippen molar-refractivity contribution in [3.63, 3.8) is 0 Å². The summed E-state index contributed by atoms with van der Waals surface area (Å²) in [6.07, 6.45) is 11.0. The average molecular weight is 178 g/mol. The lowest BCUT2D eigenvalue weighted by Crippen LogP contribution is -2.09. The van der Waals surface area contributed by atoms with Crippen LogP contribution in [-0.4, -0.2) is 17.4 Å². The Balaban J connectivity index is 0.000000252. The molecule has 0 bridgehead atoms. The predicted octanol–water partition coefficient (Wildman–Crippen LogP) is 1.17. The molecule has 0 saturated heterocycles. The molecular weight excluding hydrogens is 164 g/mol. The molecule has 0 aromatic rings. The molecule has 0 atom stereocenters. The molecule has 70 valence electrons. The SMILES string of the molecule is C=CC(N)=O.C=CN1C=CC=CC1. The first-order chi connectivity index (χ1) is 6.20. The van der Waals surface area contributed by atoms with Gasteiger partial charge in [0.05, 0.1) is 0 Å². The van der Waals surface area contributed by atoms with Crippen molar-refractivity contribution in [2.24, 2.45) is 5.73 Å². The largest absolute Gasteiger partial charge is 0.366 e. The Kier molecular flexibility index (Phi) is 5.97. The third kappa shape index (κ3) is 6.62. The second-order valence-corrected chi connectivity index (χ2v) is 2.26. The number of hydrogen-bond donors (Lipinski definition) is 1. The standard InChI is InChI=1S/C7H9N.C3H5NO/c1-2-8-6-4-3-5-7-8;1-2-3(4)5/h2-6H,1,7H2;2H,1H2,(H2,4,5). The average Bonchev–Trinajstić information content (AvgIpc) is 2.20. The quantitative estimate of drug-likeness (QED) is 0.645. The fraction of sp³-hybridized carbons (Fsp3) is 0.100. The zero-order chi connectivity index (χ0) is 10.1. The number of allylic oxidation sites excluding steroid dienone is 2. The van der Waals surface area contributed by atoms with Crippen molar-refractivity contribution in [2.75, 3.05) is 6.54 Å². The fourth-order valence-corrected chi connectivity index (χ4v) is 0.618. The maximum Gasteiger partial charge on any atom is 0.240 e. The maximum absolute atomic E-state index is 9.47. The zero-order valence-corrected chi connectivity index (χ0v) is 7.52. The van der Waals surface area contributed by atoms with Gasteiger partial charge in [0.1, 0.15) is 0 Å². The minimum Gasteiger partial charge on any atom is -0.366 e. The highest BCUT2D eigenvalue weighted by molar-refractivity contribution is 5.84. The summed E-state index contributed by atoms with van der Waals surface area (Å²) in [5, 5.41) is 0. The van der Waals surface area contributed by atoms with E-state index in [1.807, 2.05) is 23.3 Å². The highest BCUT2D eigenvalue weighted by atomic mass is 16.1. The molecule has 0 aromatic carbocycles. The van der Waals surface area contributed by atoms with Crippen LogP contribution in [0.3, 0.4) is 0 Å². The number of hydrogen-bond acceptors (Lipinski definition) is 2. The normalized spacial score (nSPS) is 12.8. The monoisotopic (exact) mass is 178 g/mol. The van der Waals surface area contributed by atoms with Crippen LogP contribution in [0.4, 0.5) is 0 Å². The number of primary amides is 1. The number of nitrogens with zero attached hydrogens (tertiary/aromatic N) is 1. The molecule has 0 aliphatic carbocycles. The molecule has 3 heteroatoms. The zero-order valence-electron chi connectivity index (χ0n) is 7.52. The molecule has 0 saturated carbocycles. The van der Waals surface area contributed by atoms with Gasteiger partial charge in [-0.1, -0.05) is 25.3 Å². The lowest BCUT2D eigenvalue weighted by molar-refractivity contribution is -0.113. The summed E-state index contributed by atoms with van der Waals surface area (Å²) in [7, 11) is 0. The molecule has 0 fully saturated rings. The summed E-state index contributed by atoms with van der Waals surface area (Å²) in [6, 6.07) is 0. The van der Waals surface area contributed by atoms with Crippen molar-refractivity contribution in [1.29, 1.82) is 0 Å². The van der Waals surface area contributed by atoms with Gasteiger partial charge in [-0.05, 0) is 18.4 Å². The van der Waals surface area contributed by atoms with Gasteiger partial charge in [0, 0.05) is 12.7 Å². The molecule has 0 spiro atoms. The van der Waals surface area contributed by atoms with Gasteiger partial charge in [-0.2, -0.15) is 0 Å². The molecular formula is C10H14N2O. The van der Waals surface area contributed by atoms with Crippen LogP contribution in [-0.2, 0) is 4.79 Å². The Hall–Kier alpha value is -1.77. The summed E-state index contributed by atoms with van der Waals surface area (Å²) < 4.78 is 0. The fourth-order valence-electron chi connectivity index (χ4n) is 0.618. The molecule has 13 heavy (non-hydrogen) atoms. The van der Waals surface area contributed by atoms with E-state index < -0.39 is 5.91 Å². The Labute approximate surface area is 78.5 Å². The number of carbonyl (C=O) groups is 1. The molecule has 1 amide bonds. The van der Waals surface area contributed by atoms with E-state index in [1.165, 1.54) is 0 Å². The van der Waals surface area contributed by atoms with E-state index in [4.69, 9.17) is 0 Å². The van der Waals surface area contributed by atoms with Crippen molar-refractivity contribution in [3.05, 3.63) is 49.9 Å². The van der Waals surface area contributed by atoms with Crippen LogP contribution in [0.15, 0.2) is 49.9 Å². The van der Waals surface area contributed by atoms with E-state index in [1.54, 1.807) is 6.20 Å². The second-order valence-electron chi connectivity index (χ2n) is 2.26. The van der Waals surface area contributed by atoms with Gasteiger partial charge in [-0.15, -0.1) is 0 Å². The summed E-state index contributed by atoms with van der Waals surface area (Å²) in [6.45, 7) is 7.67. The first-order valence-corrected chi connectivity index (χ1v) is 3.84. The van der Waals surface area contributed by atoms with Crippen LogP contribution in [0.5, 0.6) is 0 Å². The van der Waals surface area contributed by atoms with Gasteiger partial charge >= 0.3 is 0 Å². The smallest absolute Gasteiger partial charge is 0.240 e. The number of nitrogens with two attached hydrogens (primary N) is 1. The Morgan fingerprint density at radius 1 is 1.46 bits per heavy atom. The molecule has 2 N–H and O–H groups in total. The van der Waals surface area contributed by atoms with E-state index in [0.29, 0.717) is 0 Å². The van der Waals surface area contributed by atoms with Gasteiger partial charge in [0.25, 0.3) is 0 Å². The Bertz CT molecular complexity index is 241. The van der Waals surface area contributed by atoms with Gasteiger partial charge in [0.15, 0.2) is 0 Å². The molecule has 1 heterocycles. The molecule has 0 radical (unpaired) electrons. The third-order valence-electron chi connectivity index (χ3n) is 1.28. The molecule has 1 aliphatic heterocycles. The number of rotatable bonds is 2. The minimum atomic E-state index is -0.481. The third-order valence-corrected chi connectivity index (χ3v) is 1.28. The van der Waals surface area contributed by atoms with Crippen LogP contribution in [0.25, 0.3) is 0 Å². The van der Waals surface area contributed by atoms with Gasteiger partial charge < -0.3 is 10.6 Å². The van der Waals surface area contributed by atoms with Gasteiger partial charge in [-0.25, -0.2) is 0 Å². The van der Waals surface area contributed by atoms with Crippen molar-refractivity contribution >= 4 is 5.91 Å². The highest BCUT2D eigenvalue weighted by Crippen LogP contribution is 1.96. The molecule has 0 aromatic heterocycles. The number of carbonyl (C=O) groups excluding carboxylic acids is 1. The first kappa shape index (κ1) is 11.2. The Morgan fingerprint density at radius 3 is 2.31 bits per heavy atom. The van der Waals surface area contributed by atoms with Crippen molar-refractivity contribution < 1.29 is 4.79 Å². The van der Waals surface area contributed by atoms with Crippen molar-refractivity contribution in [2.45, 2.75) is 0 Å².